The number of rotatable bonds is 7. The summed E-state index contributed by atoms with van der Waals surface area (Å²) in [6.45, 7) is 1.36. The second kappa shape index (κ2) is 8.97. The van der Waals surface area contributed by atoms with E-state index in [4.69, 9.17) is 14.2 Å². The number of hydrogen-bond acceptors (Lipinski definition) is 5. The van der Waals surface area contributed by atoms with Crippen LogP contribution in [0.4, 0.5) is 0 Å². The predicted octanol–water partition coefficient (Wildman–Crippen LogP) is 3.60. The SMILES string of the molecule is COc1ccc(OC)c(C(c2ccccc2OC)N2CCC(C(=O)O)CC2)c1. The smallest absolute Gasteiger partial charge is 0.306 e. The highest BCUT2D eigenvalue weighted by Crippen LogP contribution is 2.41. The molecule has 1 aliphatic heterocycles. The van der Waals surface area contributed by atoms with E-state index in [-0.39, 0.29) is 12.0 Å². The van der Waals surface area contributed by atoms with Crippen molar-refractivity contribution in [3.63, 3.8) is 0 Å². The van der Waals surface area contributed by atoms with Crippen LogP contribution in [0, 0.1) is 5.92 Å². The standard InChI is InChI=1S/C22H27NO5/c1-26-16-8-9-20(28-3)18(14-16)21(17-6-4-5-7-19(17)27-2)23-12-10-15(11-13-23)22(24)25/h4-9,14-15,21H,10-13H2,1-3H3,(H,24,25). The summed E-state index contributed by atoms with van der Waals surface area (Å²) >= 11 is 0. The Balaban J connectivity index is 2.07. The molecule has 1 unspecified atom stereocenters. The molecule has 28 heavy (non-hydrogen) atoms. The van der Waals surface area contributed by atoms with Gasteiger partial charge in [-0.1, -0.05) is 18.2 Å². The molecule has 2 aromatic carbocycles. The van der Waals surface area contributed by atoms with Crippen molar-refractivity contribution in [3.05, 3.63) is 53.6 Å². The average molecular weight is 385 g/mol. The molecule has 1 saturated heterocycles. The minimum absolute atomic E-state index is 0.129. The number of carboxylic acid groups (broad SMARTS) is 1. The van der Waals surface area contributed by atoms with Gasteiger partial charge < -0.3 is 19.3 Å². The van der Waals surface area contributed by atoms with Crippen molar-refractivity contribution in [2.75, 3.05) is 34.4 Å². The van der Waals surface area contributed by atoms with E-state index in [1.165, 1.54) is 0 Å². The van der Waals surface area contributed by atoms with Gasteiger partial charge in [-0.05, 0) is 50.2 Å². The zero-order valence-corrected chi connectivity index (χ0v) is 16.6. The van der Waals surface area contributed by atoms with E-state index in [0.29, 0.717) is 25.9 Å². The van der Waals surface area contributed by atoms with Crippen LogP contribution in [-0.2, 0) is 4.79 Å². The van der Waals surface area contributed by atoms with Gasteiger partial charge in [0.05, 0.1) is 33.3 Å². The monoisotopic (exact) mass is 385 g/mol. The van der Waals surface area contributed by atoms with Crippen LogP contribution in [0.2, 0.25) is 0 Å². The first-order chi connectivity index (χ1) is 13.6. The van der Waals surface area contributed by atoms with Crippen LogP contribution in [0.3, 0.4) is 0 Å². The van der Waals surface area contributed by atoms with Gasteiger partial charge in [-0.3, -0.25) is 9.69 Å². The highest BCUT2D eigenvalue weighted by atomic mass is 16.5. The quantitative estimate of drug-likeness (QED) is 0.785. The van der Waals surface area contributed by atoms with Gasteiger partial charge in [-0.2, -0.15) is 0 Å². The Morgan fingerprint density at radius 2 is 1.61 bits per heavy atom. The molecule has 150 valence electrons. The molecule has 0 saturated carbocycles. The minimum atomic E-state index is -0.715. The molecule has 1 aliphatic rings. The van der Waals surface area contributed by atoms with Crippen molar-refractivity contribution in [1.29, 1.82) is 0 Å². The Hall–Kier alpha value is -2.73. The first-order valence-electron chi connectivity index (χ1n) is 9.40. The third kappa shape index (κ3) is 4.07. The molecule has 1 atom stereocenters. The maximum atomic E-state index is 11.4. The van der Waals surface area contributed by atoms with E-state index in [2.05, 4.69) is 4.90 Å². The number of carbonyl (C=O) groups is 1. The van der Waals surface area contributed by atoms with Gasteiger partial charge in [-0.25, -0.2) is 0 Å². The first-order valence-corrected chi connectivity index (χ1v) is 9.40. The van der Waals surface area contributed by atoms with Crippen molar-refractivity contribution >= 4 is 5.97 Å². The maximum Gasteiger partial charge on any atom is 0.306 e. The average Bonchev–Trinajstić information content (AvgIpc) is 2.74. The van der Waals surface area contributed by atoms with Crippen LogP contribution >= 0.6 is 0 Å². The molecule has 0 bridgehead atoms. The zero-order chi connectivity index (χ0) is 20.1. The molecule has 2 aromatic rings. The fraction of sp³-hybridized carbons (Fsp3) is 0.409. The Kier molecular flexibility index (Phi) is 6.41. The first kappa shape index (κ1) is 20.0. The van der Waals surface area contributed by atoms with Crippen molar-refractivity contribution in [2.24, 2.45) is 5.92 Å². The third-order valence-corrected chi connectivity index (χ3v) is 5.41. The number of hydrogen-bond donors (Lipinski definition) is 1. The van der Waals surface area contributed by atoms with Crippen molar-refractivity contribution < 1.29 is 24.1 Å². The molecule has 3 rings (SSSR count). The Morgan fingerprint density at radius 1 is 0.964 bits per heavy atom. The van der Waals surface area contributed by atoms with Crippen LogP contribution in [0.15, 0.2) is 42.5 Å². The summed E-state index contributed by atoms with van der Waals surface area (Å²) in [7, 11) is 4.96. The fourth-order valence-corrected chi connectivity index (χ4v) is 3.91. The molecule has 0 radical (unpaired) electrons. The lowest BCUT2D eigenvalue weighted by Gasteiger charge is -2.38. The van der Waals surface area contributed by atoms with Crippen LogP contribution < -0.4 is 14.2 Å². The number of methoxy groups -OCH3 is 3. The highest BCUT2D eigenvalue weighted by molar-refractivity contribution is 5.70. The largest absolute Gasteiger partial charge is 0.497 e. The van der Waals surface area contributed by atoms with E-state index in [9.17, 15) is 9.90 Å². The number of ether oxygens (including phenoxy) is 3. The summed E-state index contributed by atoms with van der Waals surface area (Å²) in [6, 6.07) is 13.6. The van der Waals surface area contributed by atoms with E-state index in [0.717, 1.165) is 28.4 Å². The molecule has 0 amide bonds. The van der Waals surface area contributed by atoms with Crippen molar-refractivity contribution in [2.45, 2.75) is 18.9 Å². The zero-order valence-electron chi connectivity index (χ0n) is 16.6. The van der Waals surface area contributed by atoms with Gasteiger partial charge in [0.2, 0.25) is 0 Å². The summed E-state index contributed by atoms with van der Waals surface area (Å²) in [6.07, 6.45) is 1.24. The van der Waals surface area contributed by atoms with Crippen LogP contribution in [0.25, 0.3) is 0 Å². The molecular formula is C22H27NO5. The van der Waals surface area contributed by atoms with E-state index in [1.54, 1.807) is 21.3 Å². The topological polar surface area (TPSA) is 68.2 Å². The summed E-state index contributed by atoms with van der Waals surface area (Å²) in [5.74, 6) is 1.29. The van der Waals surface area contributed by atoms with Crippen LogP contribution in [0.5, 0.6) is 17.2 Å². The fourth-order valence-electron chi connectivity index (χ4n) is 3.91. The predicted molar refractivity (Wildman–Crippen MR) is 106 cm³/mol. The molecule has 0 aromatic heterocycles. The normalized spacial score (nSPS) is 16.4. The number of aliphatic carboxylic acids is 1. The van der Waals surface area contributed by atoms with E-state index >= 15 is 0 Å². The van der Waals surface area contributed by atoms with Gasteiger partial charge in [0, 0.05) is 11.1 Å². The van der Waals surface area contributed by atoms with Gasteiger partial charge in [0.15, 0.2) is 0 Å². The summed E-state index contributed by atoms with van der Waals surface area (Å²) < 4.78 is 16.7. The molecule has 1 N–H and O–H groups in total. The number of para-hydroxylation sites is 1. The second-order valence-electron chi connectivity index (χ2n) is 6.90. The summed E-state index contributed by atoms with van der Waals surface area (Å²) in [4.78, 5) is 13.7. The molecular weight excluding hydrogens is 358 g/mol. The number of nitrogens with zero attached hydrogens (tertiary/aromatic N) is 1. The number of carboxylic acids is 1. The Bertz CT molecular complexity index is 814. The van der Waals surface area contributed by atoms with Crippen LogP contribution in [-0.4, -0.2) is 50.4 Å². The number of piperidine rings is 1. The van der Waals surface area contributed by atoms with Gasteiger partial charge >= 0.3 is 5.97 Å². The van der Waals surface area contributed by atoms with Crippen molar-refractivity contribution in [3.8, 4) is 17.2 Å². The van der Waals surface area contributed by atoms with E-state index < -0.39 is 5.97 Å². The Labute approximate surface area is 165 Å². The molecule has 0 aliphatic carbocycles. The molecule has 6 heteroatoms. The molecule has 6 nitrogen and oxygen atoms in total. The van der Waals surface area contributed by atoms with Gasteiger partial charge in [0.1, 0.15) is 17.2 Å². The number of benzene rings is 2. The highest BCUT2D eigenvalue weighted by Gasteiger charge is 2.33. The second-order valence-corrected chi connectivity index (χ2v) is 6.90. The molecule has 1 fully saturated rings. The lowest BCUT2D eigenvalue weighted by Crippen LogP contribution is -2.39. The third-order valence-electron chi connectivity index (χ3n) is 5.41. The number of likely N-dealkylation sites (tertiary alicyclic amines) is 1. The van der Waals surface area contributed by atoms with Gasteiger partial charge in [-0.15, -0.1) is 0 Å². The summed E-state index contributed by atoms with van der Waals surface area (Å²) in [5.41, 5.74) is 1.99. The molecule has 0 spiro atoms. The lowest BCUT2D eigenvalue weighted by atomic mass is 9.90. The molecule has 1 heterocycles. The maximum absolute atomic E-state index is 11.4. The lowest BCUT2D eigenvalue weighted by molar-refractivity contribution is -0.143. The van der Waals surface area contributed by atoms with Crippen LogP contribution in [0.1, 0.15) is 30.0 Å². The van der Waals surface area contributed by atoms with Gasteiger partial charge in [0.25, 0.3) is 0 Å². The minimum Gasteiger partial charge on any atom is -0.497 e. The van der Waals surface area contributed by atoms with E-state index in [1.807, 2.05) is 42.5 Å². The Morgan fingerprint density at radius 3 is 2.21 bits per heavy atom. The summed E-state index contributed by atoms with van der Waals surface area (Å²) in [5, 5.41) is 9.35. The van der Waals surface area contributed by atoms with Crippen molar-refractivity contribution in [1.82, 2.24) is 4.90 Å².